The third-order valence-electron chi connectivity index (χ3n) is 3.16. The van der Waals surface area contributed by atoms with Crippen LogP contribution >= 0.6 is 0 Å². The van der Waals surface area contributed by atoms with E-state index in [9.17, 15) is 9.59 Å². The molecule has 2 rings (SSSR count). The molecule has 1 aliphatic heterocycles. The molecule has 1 aromatic heterocycles. The zero-order valence-electron chi connectivity index (χ0n) is 10.4. The van der Waals surface area contributed by atoms with E-state index in [2.05, 4.69) is 4.98 Å². The van der Waals surface area contributed by atoms with Gasteiger partial charge in [0, 0.05) is 18.8 Å². The fourth-order valence-electron chi connectivity index (χ4n) is 2.21. The maximum absolute atomic E-state index is 12.3. The number of nitrogens with one attached hydrogen (secondary N) is 1. The van der Waals surface area contributed by atoms with Crippen LogP contribution in [0.1, 0.15) is 32.1 Å². The number of hydrogen-bond donors (Lipinski definition) is 2. The summed E-state index contributed by atoms with van der Waals surface area (Å²) in [7, 11) is 0. The van der Waals surface area contributed by atoms with Gasteiger partial charge in [-0.2, -0.15) is 0 Å². The summed E-state index contributed by atoms with van der Waals surface area (Å²) < 4.78 is 5.19. The molecular formula is C12H16N2O4. The average Bonchev–Trinajstić information content (AvgIpc) is 2.65. The van der Waals surface area contributed by atoms with Crippen LogP contribution in [0.2, 0.25) is 0 Å². The molecule has 0 bridgehead atoms. The van der Waals surface area contributed by atoms with Crippen molar-refractivity contribution in [3.63, 3.8) is 0 Å². The summed E-state index contributed by atoms with van der Waals surface area (Å²) in [6.45, 7) is 5.52. The second kappa shape index (κ2) is 4.81. The molecule has 98 valence electrons. The van der Waals surface area contributed by atoms with Gasteiger partial charge >= 0.3 is 5.97 Å². The molecule has 0 radical (unpaired) electrons. The molecule has 2 heterocycles. The normalized spacial score (nSPS) is 15.8. The average molecular weight is 252 g/mol. The smallest absolute Gasteiger partial charge is 0.352 e. The Labute approximate surface area is 105 Å². The van der Waals surface area contributed by atoms with Crippen molar-refractivity contribution in [2.24, 2.45) is 0 Å². The molecular weight excluding hydrogens is 236 g/mol. The minimum absolute atomic E-state index is 0.0871. The summed E-state index contributed by atoms with van der Waals surface area (Å²) in [6, 6.07) is 0. The summed E-state index contributed by atoms with van der Waals surface area (Å²) in [4.78, 5) is 27.8. The second-order valence-electron chi connectivity index (χ2n) is 4.33. The van der Waals surface area contributed by atoms with Gasteiger partial charge in [0.25, 0.3) is 5.91 Å². The van der Waals surface area contributed by atoms with E-state index in [1.165, 1.54) is 0 Å². The van der Waals surface area contributed by atoms with Crippen molar-refractivity contribution in [1.82, 2.24) is 9.88 Å². The fourth-order valence-corrected chi connectivity index (χ4v) is 2.21. The largest absolute Gasteiger partial charge is 0.477 e. The van der Waals surface area contributed by atoms with E-state index >= 15 is 0 Å². The summed E-state index contributed by atoms with van der Waals surface area (Å²) in [5.74, 6) is -1.17. The summed E-state index contributed by atoms with van der Waals surface area (Å²) in [6.07, 6.45) is 0. The number of carboxylic acid groups (broad SMARTS) is 1. The van der Waals surface area contributed by atoms with E-state index in [0.29, 0.717) is 43.1 Å². The van der Waals surface area contributed by atoms with E-state index in [1.807, 2.05) is 0 Å². The lowest BCUT2D eigenvalue weighted by molar-refractivity contribution is 0.0302. The SMILES string of the molecule is Cc1[nH]c(C(=O)O)c(C)c1C(=O)N1CCOCC1. The molecule has 1 amide bonds. The molecule has 2 N–H and O–H groups in total. The lowest BCUT2D eigenvalue weighted by atomic mass is 10.1. The highest BCUT2D eigenvalue weighted by atomic mass is 16.5. The number of carboxylic acids is 1. The molecule has 18 heavy (non-hydrogen) atoms. The molecule has 1 fully saturated rings. The third kappa shape index (κ3) is 2.11. The van der Waals surface area contributed by atoms with Crippen LogP contribution in [0.25, 0.3) is 0 Å². The first-order chi connectivity index (χ1) is 8.52. The Hall–Kier alpha value is -1.82. The highest BCUT2D eigenvalue weighted by Gasteiger charge is 2.26. The monoisotopic (exact) mass is 252 g/mol. The van der Waals surface area contributed by atoms with Crippen LogP contribution in [-0.4, -0.2) is 53.2 Å². The molecule has 0 unspecified atom stereocenters. The lowest BCUT2D eigenvalue weighted by Gasteiger charge is -2.27. The Kier molecular flexibility index (Phi) is 3.38. The van der Waals surface area contributed by atoms with E-state index < -0.39 is 5.97 Å². The number of morpholine rings is 1. The standard InChI is InChI=1S/C12H16N2O4/c1-7-9(8(2)13-10(7)12(16)17)11(15)14-3-5-18-6-4-14/h13H,3-6H2,1-2H3,(H,16,17). The maximum atomic E-state index is 12.3. The number of H-pyrrole nitrogens is 1. The number of aromatic nitrogens is 1. The first-order valence-corrected chi connectivity index (χ1v) is 5.82. The third-order valence-corrected chi connectivity index (χ3v) is 3.16. The number of aryl methyl sites for hydroxylation is 1. The minimum atomic E-state index is -1.04. The minimum Gasteiger partial charge on any atom is -0.477 e. The highest BCUT2D eigenvalue weighted by molar-refractivity contribution is 6.00. The predicted octanol–water partition coefficient (Wildman–Crippen LogP) is 0.802. The maximum Gasteiger partial charge on any atom is 0.352 e. The summed E-state index contributed by atoms with van der Waals surface area (Å²) in [5.41, 5.74) is 1.65. The van der Waals surface area contributed by atoms with Crippen molar-refractivity contribution < 1.29 is 19.4 Å². The quantitative estimate of drug-likeness (QED) is 0.815. The first-order valence-electron chi connectivity index (χ1n) is 5.82. The van der Waals surface area contributed by atoms with Crippen LogP contribution in [-0.2, 0) is 4.74 Å². The van der Waals surface area contributed by atoms with Crippen molar-refractivity contribution in [3.05, 3.63) is 22.5 Å². The van der Waals surface area contributed by atoms with Gasteiger partial charge in [0.15, 0.2) is 0 Å². The Morgan fingerprint density at radius 2 is 1.89 bits per heavy atom. The van der Waals surface area contributed by atoms with Crippen LogP contribution in [0.3, 0.4) is 0 Å². The Balaban J connectivity index is 2.32. The number of aromatic carboxylic acids is 1. The number of rotatable bonds is 2. The molecule has 0 spiro atoms. The van der Waals surface area contributed by atoms with Gasteiger partial charge in [-0.15, -0.1) is 0 Å². The van der Waals surface area contributed by atoms with E-state index in [0.717, 1.165) is 0 Å². The number of nitrogens with zero attached hydrogens (tertiary/aromatic N) is 1. The fraction of sp³-hybridized carbons (Fsp3) is 0.500. The molecule has 1 saturated heterocycles. The highest BCUT2D eigenvalue weighted by Crippen LogP contribution is 2.20. The van der Waals surface area contributed by atoms with Gasteiger partial charge in [-0.05, 0) is 19.4 Å². The Bertz CT molecular complexity index is 487. The van der Waals surface area contributed by atoms with Crippen LogP contribution in [0.5, 0.6) is 0 Å². The molecule has 0 aromatic carbocycles. The van der Waals surface area contributed by atoms with Gasteiger partial charge in [-0.25, -0.2) is 4.79 Å². The number of hydrogen-bond acceptors (Lipinski definition) is 3. The van der Waals surface area contributed by atoms with Crippen LogP contribution in [0, 0.1) is 13.8 Å². The van der Waals surface area contributed by atoms with Gasteiger partial charge in [-0.1, -0.05) is 0 Å². The summed E-state index contributed by atoms with van der Waals surface area (Å²) in [5, 5.41) is 9.02. The molecule has 0 atom stereocenters. The van der Waals surface area contributed by atoms with Crippen molar-refractivity contribution in [3.8, 4) is 0 Å². The van der Waals surface area contributed by atoms with Gasteiger partial charge in [0.2, 0.25) is 0 Å². The summed E-state index contributed by atoms with van der Waals surface area (Å²) >= 11 is 0. The number of amides is 1. The lowest BCUT2D eigenvalue weighted by Crippen LogP contribution is -2.41. The first kappa shape index (κ1) is 12.6. The van der Waals surface area contributed by atoms with E-state index in [4.69, 9.17) is 9.84 Å². The Morgan fingerprint density at radius 3 is 2.39 bits per heavy atom. The van der Waals surface area contributed by atoms with Crippen LogP contribution < -0.4 is 0 Å². The Morgan fingerprint density at radius 1 is 1.28 bits per heavy atom. The second-order valence-corrected chi connectivity index (χ2v) is 4.33. The number of carbonyl (C=O) groups is 2. The van der Waals surface area contributed by atoms with E-state index in [1.54, 1.807) is 18.7 Å². The van der Waals surface area contributed by atoms with Crippen LogP contribution in [0.15, 0.2) is 0 Å². The van der Waals surface area contributed by atoms with Gasteiger partial charge in [-0.3, -0.25) is 4.79 Å². The van der Waals surface area contributed by atoms with Crippen molar-refractivity contribution in [1.29, 1.82) is 0 Å². The predicted molar refractivity (Wildman–Crippen MR) is 63.9 cm³/mol. The molecule has 6 nitrogen and oxygen atoms in total. The van der Waals surface area contributed by atoms with Crippen molar-refractivity contribution in [2.75, 3.05) is 26.3 Å². The zero-order valence-corrected chi connectivity index (χ0v) is 10.4. The van der Waals surface area contributed by atoms with Gasteiger partial charge in [0.1, 0.15) is 5.69 Å². The molecule has 1 aliphatic rings. The van der Waals surface area contributed by atoms with Crippen molar-refractivity contribution in [2.45, 2.75) is 13.8 Å². The van der Waals surface area contributed by atoms with E-state index in [-0.39, 0.29) is 11.6 Å². The number of carbonyl (C=O) groups excluding carboxylic acids is 1. The topological polar surface area (TPSA) is 82.6 Å². The van der Waals surface area contributed by atoms with Gasteiger partial charge < -0.3 is 19.7 Å². The van der Waals surface area contributed by atoms with Crippen molar-refractivity contribution >= 4 is 11.9 Å². The molecule has 6 heteroatoms. The van der Waals surface area contributed by atoms with Crippen LogP contribution in [0.4, 0.5) is 0 Å². The number of aromatic amines is 1. The molecule has 1 aromatic rings. The molecule has 0 aliphatic carbocycles. The molecule has 0 saturated carbocycles. The number of ether oxygens (including phenoxy) is 1. The zero-order chi connectivity index (χ0) is 13.3. The van der Waals surface area contributed by atoms with Gasteiger partial charge in [0.05, 0.1) is 18.8 Å².